The Kier molecular flexibility index (Phi) is 2.97. The van der Waals surface area contributed by atoms with E-state index in [9.17, 15) is 0 Å². The predicted molar refractivity (Wildman–Crippen MR) is 64.8 cm³/mol. The molecule has 0 amide bonds. The molecule has 0 saturated heterocycles. The van der Waals surface area contributed by atoms with Crippen molar-refractivity contribution >= 4 is 17.3 Å². The van der Waals surface area contributed by atoms with Crippen LogP contribution < -0.4 is 0 Å². The van der Waals surface area contributed by atoms with Crippen LogP contribution in [0.2, 0.25) is 5.02 Å². The highest BCUT2D eigenvalue weighted by atomic mass is 35.5. The van der Waals surface area contributed by atoms with E-state index in [-0.39, 0.29) is 0 Å². The number of rotatable bonds is 2. The van der Waals surface area contributed by atoms with Crippen LogP contribution in [0.3, 0.4) is 0 Å². The fourth-order valence-corrected chi connectivity index (χ4v) is 1.70. The Morgan fingerprint density at radius 2 is 2.00 bits per heavy atom. The first-order valence-electron chi connectivity index (χ1n) is 4.84. The lowest BCUT2D eigenvalue weighted by Gasteiger charge is -2.08. The van der Waals surface area contributed by atoms with Gasteiger partial charge in [-0.15, -0.1) is 0 Å². The number of benzene rings is 1. The van der Waals surface area contributed by atoms with Crippen molar-refractivity contribution in [3.63, 3.8) is 0 Å². The summed E-state index contributed by atoms with van der Waals surface area (Å²) in [4.78, 5) is 0. The van der Waals surface area contributed by atoms with E-state index in [0.717, 1.165) is 11.3 Å². The molecular weight excluding hydrogens is 224 g/mol. The second-order valence-electron chi connectivity index (χ2n) is 3.44. The van der Waals surface area contributed by atoms with E-state index in [1.807, 2.05) is 41.2 Å². The molecule has 0 unspecified atom stereocenters. The van der Waals surface area contributed by atoms with Gasteiger partial charge in [0.2, 0.25) is 0 Å². The molecule has 0 aliphatic rings. The molecule has 3 nitrogen and oxygen atoms in total. The van der Waals surface area contributed by atoms with Crippen LogP contribution in [0.5, 0.6) is 0 Å². The summed E-state index contributed by atoms with van der Waals surface area (Å²) in [5.74, 6) is 0. The van der Waals surface area contributed by atoms with Gasteiger partial charge in [0.1, 0.15) is 0 Å². The summed E-state index contributed by atoms with van der Waals surface area (Å²) in [6.07, 6.45) is 3.83. The summed E-state index contributed by atoms with van der Waals surface area (Å²) in [6, 6.07) is 9.36. The minimum absolute atomic E-state index is 0.560. The third-order valence-electron chi connectivity index (χ3n) is 2.40. The lowest BCUT2D eigenvalue weighted by molar-refractivity contribution is 0.319. The minimum Gasteiger partial charge on any atom is -0.411 e. The van der Waals surface area contributed by atoms with Gasteiger partial charge in [0.15, 0.2) is 0 Å². The van der Waals surface area contributed by atoms with Crippen LogP contribution >= 0.6 is 11.6 Å². The van der Waals surface area contributed by atoms with Gasteiger partial charge in [-0.3, -0.25) is 0 Å². The molecule has 0 aliphatic heterocycles. The fraction of sp³-hybridized carbons (Fsp3) is 0.0833. The zero-order valence-electron chi connectivity index (χ0n) is 8.76. The van der Waals surface area contributed by atoms with E-state index >= 15 is 0 Å². The average Bonchev–Trinajstić information content (AvgIpc) is 2.82. The molecule has 1 aromatic heterocycles. The van der Waals surface area contributed by atoms with Gasteiger partial charge in [-0.25, -0.2) is 0 Å². The van der Waals surface area contributed by atoms with E-state index in [2.05, 4.69) is 5.16 Å². The molecular formula is C12H11ClN2O. The van der Waals surface area contributed by atoms with Crippen molar-refractivity contribution in [2.24, 2.45) is 5.16 Å². The zero-order valence-corrected chi connectivity index (χ0v) is 9.52. The first kappa shape index (κ1) is 10.8. The van der Waals surface area contributed by atoms with Crippen molar-refractivity contribution in [1.82, 2.24) is 4.57 Å². The van der Waals surface area contributed by atoms with Crippen LogP contribution in [-0.2, 0) is 0 Å². The van der Waals surface area contributed by atoms with E-state index in [0.29, 0.717) is 10.7 Å². The van der Waals surface area contributed by atoms with Crippen molar-refractivity contribution in [2.45, 2.75) is 6.92 Å². The van der Waals surface area contributed by atoms with Gasteiger partial charge in [0, 0.05) is 18.0 Å². The summed E-state index contributed by atoms with van der Waals surface area (Å²) in [5, 5.41) is 12.6. The quantitative estimate of drug-likeness (QED) is 0.483. The Morgan fingerprint density at radius 3 is 2.62 bits per heavy atom. The van der Waals surface area contributed by atoms with Gasteiger partial charge >= 0.3 is 0 Å². The predicted octanol–water partition coefficient (Wildman–Crippen LogP) is 3.33. The Balaban J connectivity index is 2.53. The van der Waals surface area contributed by atoms with Crippen LogP contribution in [-0.4, -0.2) is 15.5 Å². The topological polar surface area (TPSA) is 37.5 Å². The molecule has 0 radical (unpaired) electrons. The lowest BCUT2D eigenvalue weighted by atomic mass is 10.1. The van der Waals surface area contributed by atoms with Crippen LogP contribution in [0.4, 0.5) is 0 Å². The first-order chi connectivity index (χ1) is 7.72. The molecule has 0 atom stereocenters. The van der Waals surface area contributed by atoms with E-state index in [1.54, 1.807) is 13.0 Å². The molecule has 0 aliphatic carbocycles. The number of hydrogen-bond acceptors (Lipinski definition) is 2. The first-order valence-corrected chi connectivity index (χ1v) is 5.22. The Hall–Kier alpha value is -1.74. The molecule has 1 N–H and O–H groups in total. The van der Waals surface area contributed by atoms with Gasteiger partial charge in [0.05, 0.1) is 16.4 Å². The normalized spacial score (nSPS) is 11.8. The summed E-state index contributed by atoms with van der Waals surface area (Å²) in [6.45, 7) is 1.74. The van der Waals surface area contributed by atoms with Crippen LogP contribution in [0, 0.1) is 0 Å². The summed E-state index contributed by atoms with van der Waals surface area (Å²) >= 11 is 6.11. The van der Waals surface area contributed by atoms with Gasteiger partial charge in [-0.05, 0) is 31.2 Å². The van der Waals surface area contributed by atoms with Gasteiger partial charge in [0.25, 0.3) is 0 Å². The van der Waals surface area contributed by atoms with Crippen LogP contribution in [0.15, 0.2) is 47.9 Å². The Labute approximate surface area is 98.6 Å². The summed E-state index contributed by atoms with van der Waals surface area (Å²) in [7, 11) is 0. The second kappa shape index (κ2) is 4.41. The SMILES string of the molecule is C/C(=N\O)c1ccc(Cl)c(-n2cccc2)c1. The highest BCUT2D eigenvalue weighted by Crippen LogP contribution is 2.22. The molecule has 4 heteroatoms. The molecule has 1 heterocycles. The number of hydrogen-bond donors (Lipinski definition) is 1. The third kappa shape index (κ3) is 1.95. The standard InChI is InChI=1S/C12H11ClN2O/c1-9(14-16)10-4-5-11(13)12(8-10)15-6-2-3-7-15/h2-8,16H,1H3/b14-9+. The highest BCUT2D eigenvalue weighted by molar-refractivity contribution is 6.32. The molecule has 82 valence electrons. The maximum atomic E-state index is 8.73. The Morgan fingerprint density at radius 1 is 1.31 bits per heavy atom. The lowest BCUT2D eigenvalue weighted by Crippen LogP contribution is -1.98. The maximum absolute atomic E-state index is 8.73. The van der Waals surface area contributed by atoms with Crippen LogP contribution in [0.25, 0.3) is 5.69 Å². The number of aromatic nitrogens is 1. The van der Waals surface area contributed by atoms with Crippen molar-refractivity contribution in [3.8, 4) is 5.69 Å². The zero-order chi connectivity index (χ0) is 11.5. The minimum atomic E-state index is 0.560. The fourth-order valence-electron chi connectivity index (χ4n) is 1.49. The molecule has 0 bridgehead atoms. The molecule has 0 spiro atoms. The highest BCUT2D eigenvalue weighted by Gasteiger charge is 2.05. The molecule has 16 heavy (non-hydrogen) atoms. The largest absolute Gasteiger partial charge is 0.411 e. The molecule has 1 aromatic carbocycles. The van der Waals surface area contributed by atoms with E-state index in [1.165, 1.54) is 0 Å². The summed E-state index contributed by atoms with van der Waals surface area (Å²) < 4.78 is 1.91. The van der Waals surface area contributed by atoms with Crippen LogP contribution in [0.1, 0.15) is 12.5 Å². The molecule has 0 saturated carbocycles. The Bertz CT molecular complexity index is 518. The number of halogens is 1. The monoisotopic (exact) mass is 234 g/mol. The smallest absolute Gasteiger partial charge is 0.0837 e. The molecule has 0 fully saturated rings. The van der Waals surface area contributed by atoms with E-state index < -0.39 is 0 Å². The van der Waals surface area contributed by atoms with Gasteiger partial charge in [-0.1, -0.05) is 22.8 Å². The average molecular weight is 235 g/mol. The number of nitrogens with zero attached hydrogens (tertiary/aromatic N) is 2. The van der Waals surface area contributed by atoms with Crippen molar-refractivity contribution in [2.75, 3.05) is 0 Å². The third-order valence-corrected chi connectivity index (χ3v) is 2.72. The molecule has 2 aromatic rings. The van der Waals surface area contributed by atoms with Crippen molar-refractivity contribution in [1.29, 1.82) is 0 Å². The van der Waals surface area contributed by atoms with Crippen molar-refractivity contribution < 1.29 is 5.21 Å². The van der Waals surface area contributed by atoms with Crippen molar-refractivity contribution in [3.05, 3.63) is 53.3 Å². The van der Waals surface area contributed by atoms with E-state index in [4.69, 9.17) is 16.8 Å². The number of oxime groups is 1. The van der Waals surface area contributed by atoms with Gasteiger partial charge < -0.3 is 9.77 Å². The maximum Gasteiger partial charge on any atom is 0.0837 e. The molecule has 2 rings (SSSR count). The second-order valence-corrected chi connectivity index (χ2v) is 3.85. The van der Waals surface area contributed by atoms with Gasteiger partial charge in [-0.2, -0.15) is 0 Å². The summed E-state index contributed by atoms with van der Waals surface area (Å²) in [5.41, 5.74) is 2.27.